The largest absolute Gasteiger partial charge is 0.493 e. The van der Waals surface area contributed by atoms with Crippen LogP contribution in [0.4, 0.5) is 0 Å². The zero-order valence-electron chi connectivity index (χ0n) is 14.6. The van der Waals surface area contributed by atoms with Gasteiger partial charge in [0.2, 0.25) is 5.91 Å². The molecule has 0 aliphatic heterocycles. The smallest absolute Gasteiger partial charge is 0.250 e. The lowest BCUT2D eigenvalue weighted by Gasteiger charge is -2.12. The quantitative estimate of drug-likeness (QED) is 0.172. The van der Waals surface area contributed by atoms with Crippen LogP contribution in [0.15, 0.2) is 59.1 Å². The molecule has 142 valence electrons. The van der Waals surface area contributed by atoms with Gasteiger partial charge < -0.3 is 9.47 Å². The van der Waals surface area contributed by atoms with Crippen molar-refractivity contribution < 1.29 is 14.3 Å². The highest BCUT2D eigenvalue weighted by Crippen LogP contribution is 2.33. The molecule has 0 bridgehead atoms. The summed E-state index contributed by atoms with van der Waals surface area (Å²) in [4.78, 5) is 12.9. The lowest BCUT2D eigenvalue weighted by atomic mass is 10.2. The van der Waals surface area contributed by atoms with Crippen LogP contribution < -0.4 is 14.9 Å². The summed E-state index contributed by atoms with van der Waals surface area (Å²) in [5, 5.41) is 4.67. The number of carbonyl (C=O) groups excluding carboxylic acids is 1. The molecule has 0 fully saturated rings. The summed E-state index contributed by atoms with van der Waals surface area (Å²) in [6.45, 7) is 4.03. The maximum Gasteiger partial charge on any atom is 0.250 e. The van der Waals surface area contributed by atoms with Crippen LogP contribution in [0.5, 0.6) is 11.5 Å². The number of carbonyl (C=O) groups is 1. The van der Waals surface area contributed by atoms with Gasteiger partial charge in [0.05, 0.1) is 22.6 Å². The first-order valence-corrected chi connectivity index (χ1v) is 10.3. The fourth-order valence-electron chi connectivity index (χ4n) is 1.99. The van der Waals surface area contributed by atoms with E-state index >= 15 is 0 Å². The van der Waals surface area contributed by atoms with E-state index in [-0.39, 0.29) is 11.7 Å². The van der Waals surface area contributed by atoms with Gasteiger partial charge in [0.15, 0.2) is 11.5 Å². The predicted molar refractivity (Wildman–Crippen MR) is 119 cm³/mol. The van der Waals surface area contributed by atoms with Crippen molar-refractivity contribution in [2.45, 2.75) is 4.90 Å². The first kappa shape index (κ1) is 21.6. The van der Waals surface area contributed by atoms with Crippen molar-refractivity contribution in [1.29, 1.82) is 0 Å². The van der Waals surface area contributed by atoms with Crippen molar-refractivity contribution >= 4 is 58.1 Å². The number of hydrogen-bond acceptors (Lipinski definition) is 5. The van der Waals surface area contributed by atoms with Gasteiger partial charge in [-0.05, 0) is 64.6 Å². The van der Waals surface area contributed by atoms with Crippen LogP contribution >= 0.6 is 46.0 Å². The van der Waals surface area contributed by atoms with E-state index in [1.54, 1.807) is 37.6 Å². The van der Waals surface area contributed by atoms with E-state index in [2.05, 4.69) is 39.7 Å². The van der Waals surface area contributed by atoms with E-state index in [1.165, 1.54) is 11.8 Å². The number of thioether (sulfide) groups is 1. The minimum Gasteiger partial charge on any atom is -0.493 e. The number of benzene rings is 2. The molecule has 0 aliphatic carbocycles. The molecule has 5 nitrogen and oxygen atoms in total. The van der Waals surface area contributed by atoms with Gasteiger partial charge in [-0.15, -0.1) is 11.8 Å². The van der Waals surface area contributed by atoms with Crippen molar-refractivity contribution in [3.05, 3.63) is 63.2 Å². The van der Waals surface area contributed by atoms with Crippen molar-refractivity contribution in [3.63, 3.8) is 0 Å². The first-order chi connectivity index (χ1) is 13.0. The number of nitrogens with zero attached hydrogens (tertiary/aromatic N) is 1. The minimum atomic E-state index is -0.196. The normalized spacial score (nSPS) is 10.6. The molecule has 1 N–H and O–H groups in total. The second-order valence-electron chi connectivity index (χ2n) is 5.17. The molecule has 8 heteroatoms. The predicted octanol–water partition coefficient (Wildman–Crippen LogP) is 4.76. The summed E-state index contributed by atoms with van der Waals surface area (Å²) in [5.74, 6) is 1.31. The lowest BCUT2D eigenvalue weighted by Crippen LogP contribution is -2.19. The Morgan fingerprint density at radius 1 is 1.37 bits per heavy atom. The molecule has 0 saturated heterocycles. The van der Waals surface area contributed by atoms with Gasteiger partial charge in [0.25, 0.3) is 0 Å². The molecule has 0 spiro atoms. The average Bonchev–Trinajstić information content (AvgIpc) is 2.66. The number of ether oxygens (including phenoxy) is 2. The van der Waals surface area contributed by atoms with Gasteiger partial charge in [-0.25, -0.2) is 5.43 Å². The van der Waals surface area contributed by atoms with Gasteiger partial charge in [-0.1, -0.05) is 24.3 Å². The molecule has 0 atom stereocenters. The summed E-state index contributed by atoms with van der Waals surface area (Å²) in [6.07, 6.45) is 3.23. The Morgan fingerprint density at radius 3 is 2.78 bits per heavy atom. The molecule has 0 saturated carbocycles. The van der Waals surface area contributed by atoms with Gasteiger partial charge in [-0.2, -0.15) is 5.10 Å². The van der Waals surface area contributed by atoms with Crippen LogP contribution in [0.2, 0.25) is 5.02 Å². The molecule has 0 aromatic heterocycles. The number of halogens is 2. The SMILES string of the molecule is C=CCOc1c(I)cc(/C=N/NC(=O)CSc2ccc(Cl)cc2)cc1OC. The third kappa shape index (κ3) is 7.08. The summed E-state index contributed by atoms with van der Waals surface area (Å²) >= 11 is 9.41. The van der Waals surface area contributed by atoms with Crippen LogP contribution in [0.3, 0.4) is 0 Å². The van der Waals surface area contributed by atoms with Gasteiger partial charge in [-0.3, -0.25) is 4.79 Å². The summed E-state index contributed by atoms with van der Waals surface area (Å²) in [7, 11) is 1.57. The fourth-order valence-corrected chi connectivity index (χ4v) is 3.59. The van der Waals surface area contributed by atoms with E-state index in [0.29, 0.717) is 23.1 Å². The molecule has 0 aliphatic rings. The van der Waals surface area contributed by atoms with Gasteiger partial charge >= 0.3 is 0 Å². The van der Waals surface area contributed by atoms with Crippen LogP contribution in [-0.4, -0.2) is 31.6 Å². The Labute approximate surface area is 181 Å². The molecule has 27 heavy (non-hydrogen) atoms. The number of rotatable bonds is 9. The maximum absolute atomic E-state index is 11.9. The standard InChI is InChI=1S/C19H18ClIN2O3S/c1-3-8-26-19-16(21)9-13(10-17(19)25-2)11-22-23-18(24)12-27-15-6-4-14(20)5-7-15/h3-7,9-11H,1,8,12H2,2H3,(H,23,24)/b22-11+. The Morgan fingerprint density at radius 2 is 2.11 bits per heavy atom. The zero-order valence-corrected chi connectivity index (χ0v) is 18.3. The Bertz CT molecular complexity index is 828. The van der Waals surface area contributed by atoms with Crippen LogP contribution in [0.25, 0.3) is 0 Å². The van der Waals surface area contributed by atoms with E-state index in [1.807, 2.05) is 18.2 Å². The molecule has 0 unspecified atom stereocenters. The van der Waals surface area contributed by atoms with Crippen molar-refractivity contribution in [3.8, 4) is 11.5 Å². The molecular weight excluding hydrogens is 499 g/mol. The van der Waals surface area contributed by atoms with Gasteiger partial charge in [0, 0.05) is 9.92 Å². The fraction of sp³-hybridized carbons (Fsp3) is 0.158. The number of hydrogen-bond donors (Lipinski definition) is 1. The van der Waals surface area contributed by atoms with Crippen LogP contribution in [-0.2, 0) is 4.79 Å². The third-order valence-electron chi connectivity index (χ3n) is 3.18. The summed E-state index contributed by atoms with van der Waals surface area (Å²) < 4.78 is 11.8. The summed E-state index contributed by atoms with van der Waals surface area (Å²) in [5.41, 5.74) is 3.30. The average molecular weight is 517 g/mol. The lowest BCUT2D eigenvalue weighted by molar-refractivity contribution is -0.118. The van der Waals surface area contributed by atoms with Crippen LogP contribution in [0.1, 0.15) is 5.56 Å². The molecule has 2 aromatic rings. The molecule has 2 rings (SSSR count). The Balaban J connectivity index is 1.92. The maximum atomic E-state index is 11.9. The minimum absolute atomic E-state index is 0.196. The number of nitrogens with one attached hydrogen (secondary N) is 1. The molecule has 1 amide bonds. The van der Waals surface area contributed by atoms with E-state index < -0.39 is 0 Å². The van der Waals surface area contributed by atoms with E-state index in [4.69, 9.17) is 21.1 Å². The number of hydrazone groups is 1. The molecule has 2 aromatic carbocycles. The number of methoxy groups -OCH3 is 1. The highest BCUT2D eigenvalue weighted by molar-refractivity contribution is 14.1. The van der Waals surface area contributed by atoms with Crippen molar-refractivity contribution in [2.24, 2.45) is 5.10 Å². The van der Waals surface area contributed by atoms with E-state index in [9.17, 15) is 4.79 Å². The first-order valence-electron chi connectivity index (χ1n) is 7.85. The highest BCUT2D eigenvalue weighted by atomic mass is 127. The second kappa shape index (κ2) is 11.2. The Kier molecular flexibility index (Phi) is 8.96. The molecular formula is C19H18ClIN2O3S. The highest BCUT2D eigenvalue weighted by Gasteiger charge is 2.10. The third-order valence-corrected chi connectivity index (χ3v) is 5.25. The van der Waals surface area contributed by atoms with Crippen molar-refractivity contribution in [1.82, 2.24) is 5.43 Å². The molecule has 0 heterocycles. The second-order valence-corrected chi connectivity index (χ2v) is 7.82. The monoisotopic (exact) mass is 516 g/mol. The Hall–Kier alpha value is -1.71. The zero-order chi connectivity index (χ0) is 19.6. The van der Waals surface area contributed by atoms with Crippen molar-refractivity contribution in [2.75, 3.05) is 19.5 Å². The van der Waals surface area contributed by atoms with E-state index in [0.717, 1.165) is 14.0 Å². The molecule has 0 radical (unpaired) electrons. The van der Waals surface area contributed by atoms with Crippen LogP contribution in [0, 0.1) is 3.57 Å². The topological polar surface area (TPSA) is 59.9 Å². The van der Waals surface area contributed by atoms with Gasteiger partial charge in [0.1, 0.15) is 6.61 Å². The number of amides is 1. The summed E-state index contributed by atoms with van der Waals surface area (Å²) in [6, 6.07) is 11.0.